The number of hydrogen-bond donors (Lipinski definition) is 0. The third-order valence-electron chi connectivity index (χ3n) is 5.00. The number of ether oxygens (including phenoxy) is 1. The van der Waals surface area contributed by atoms with E-state index < -0.39 is 11.7 Å². The van der Waals surface area contributed by atoms with Gasteiger partial charge >= 0.3 is 6.18 Å². The van der Waals surface area contributed by atoms with Gasteiger partial charge in [0.05, 0.1) is 18.7 Å². The van der Waals surface area contributed by atoms with E-state index in [2.05, 4.69) is 37.7 Å². The van der Waals surface area contributed by atoms with E-state index in [4.69, 9.17) is 11.3 Å². The molecular formula is C26H33F3N2O. The van der Waals surface area contributed by atoms with E-state index in [1.54, 1.807) is 6.07 Å². The molecule has 0 aliphatic heterocycles. The van der Waals surface area contributed by atoms with Crippen molar-refractivity contribution in [3.8, 4) is 5.75 Å². The molecule has 0 aromatic heterocycles. The number of nitrogens with zero attached hydrogens (tertiary/aromatic N) is 2. The molecule has 2 aromatic rings. The molecule has 0 fully saturated rings. The van der Waals surface area contributed by atoms with E-state index in [1.165, 1.54) is 11.6 Å². The normalized spacial score (nSPS) is 12.4. The lowest BCUT2D eigenvalue weighted by Crippen LogP contribution is -2.34. The predicted octanol–water partition coefficient (Wildman–Crippen LogP) is 7.88. The second-order valence-corrected chi connectivity index (χ2v) is 10.3. The molecule has 0 radical (unpaired) electrons. The molecule has 0 aliphatic rings. The molecule has 2 aromatic carbocycles. The Balaban J connectivity index is 2.10. The lowest BCUT2D eigenvalue weighted by atomic mass is 9.87. The molecule has 6 heteroatoms. The smallest absolute Gasteiger partial charge is 0.407 e. The van der Waals surface area contributed by atoms with E-state index in [-0.39, 0.29) is 16.5 Å². The third-order valence-corrected chi connectivity index (χ3v) is 5.00. The number of benzene rings is 2. The highest BCUT2D eigenvalue weighted by molar-refractivity contribution is 5.62. The molecule has 0 bridgehead atoms. The Labute approximate surface area is 190 Å². The minimum Gasteiger partial charge on any atom is -0.494 e. The minimum atomic E-state index is -4.56. The summed E-state index contributed by atoms with van der Waals surface area (Å²) in [6.07, 6.45) is -3.91. The van der Waals surface area contributed by atoms with Crippen molar-refractivity contribution in [2.75, 3.05) is 24.6 Å². The van der Waals surface area contributed by atoms with Gasteiger partial charge in [-0.15, -0.1) is 0 Å². The second kappa shape index (κ2) is 9.85. The number of halogens is 3. The van der Waals surface area contributed by atoms with Crippen molar-refractivity contribution in [3.63, 3.8) is 0 Å². The molecule has 0 unspecified atom stereocenters. The number of hydrogen-bond acceptors (Lipinski definition) is 2. The predicted molar refractivity (Wildman–Crippen MR) is 125 cm³/mol. The minimum absolute atomic E-state index is 0.0735. The Kier molecular flexibility index (Phi) is 7.88. The zero-order chi connectivity index (χ0) is 24.2. The summed E-state index contributed by atoms with van der Waals surface area (Å²) in [5.74, 6) is 0.779. The maximum Gasteiger partial charge on any atom is 0.407 e. The van der Waals surface area contributed by atoms with E-state index in [0.717, 1.165) is 11.8 Å². The van der Waals surface area contributed by atoms with E-state index >= 15 is 0 Å². The monoisotopic (exact) mass is 446 g/mol. The largest absolute Gasteiger partial charge is 0.494 e. The van der Waals surface area contributed by atoms with Crippen LogP contribution < -0.4 is 9.64 Å². The summed E-state index contributed by atoms with van der Waals surface area (Å²) in [6, 6.07) is 12.0. The fourth-order valence-corrected chi connectivity index (χ4v) is 3.41. The van der Waals surface area contributed by atoms with Crippen LogP contribution in [0.1, 0.15) is 59.1 Å². The van der Waals surface area contributed by atoms with Gasteiger partial charge in [0.15, 0.2) is 5.69 Å². The quantitative estimate of drug-likeness (QED) is 0.318. The highest BCUT2D eigenvalue weighted by Gasteiger charge is 2.34. The van der Waals surface area contributed by atoms with Crippen molar-refractivity contribution in [2.24, 2.45) is 5.41 Å². The van der Waals surface area contributed by atoms with Gasteiger partial charge < -0.3 is 9.64 Å². The van der Waals surface area contributed by atoms with Crippen LogP contribution >= 0.6 is 0 Å². The average molecular weight is 447 g/mol. The van der Waals surface area contributed by atoms with Crippen molar-refractivity contribution in [1.29, 1.82) is 0 Å². The Morgan fingerprint density at radius 1 is 0.938 bits per heavy atom. The Morgan fingerprint density at radius 2 is 1.56 bits per heavy atom. The number of anilines is 1. The summed E-state index contributed by atoms with van der Waals surface area (Å²) in [7, 11) is 0. The third kappa shape index (κ3) is 7.47. The van der Waals surface area contributed by atoms with E-state index in [1.807, 2.05) is 37.8 Å². The van der Waals surface area contributed by atoms with E-state index in [9.17, 15) is 13.2 Å². The molecule has 0 spiro atoms. The van der Waals surface area contributed by atoms with Gasteiger partial charge in [-0.1, -0.05) is 59.7 Å². The van der Waals surface area contributed by atoms with Crippen LogP contribution in [0.25, 0.3) is 4.85 Å². The molecule has 0 heterocycles. The zero-order valence-corrected chi connectivity index (χ0v) is 19.8. The van der Waals surface area contributed by atoms with Crippen LogP contribution in [0.4, 0.5) is 24.5 Å². The van der Waals surface area contributed by atoms with Crippen LogP contribution in [-0.4, -0.2) is 19.7 Å². The number of rotatable bonds is 7. The first-order valence-corrected chi connectivity index (χ1v) is 10.8. The lowest BCUT2D eigenvalue weighted by molar-refractivity contribution is -0.136. The van der Waals surface area contributed by atoms with Gasteiger partial charge in [0, 0.05) is 18.8 Å². The molecule has 174 valence electrons. The van der Waals surface area contributed by atoms with Crippen LogP contribution in [0.5, 0.6) is 5.75 Å². The molecule has 0 N–H and O–H groups in total. The SMILES string of the molecule is [C-]#[N+]c1ccc(N(CCCOc2ccc(C(C)(C)C)cc2)CC(C)(C)C)cc1C(F)(F)F. The van der Waals surface area contributed by atoms with Crippen LogP contribution in [0.2, 0.25) is 0 Å². The summed E-state index contributed by atoms with van der Waals surface area (Å²) < 4.78 is 46.2. The van der Waals surface area contributed by atoms with Crippen molar-refractivity contribution < 1.29 is 17.9 Å². The summed E-state index contributed by atoms with van der Waals surface area (Å²) in [5, 5.41) is 0. The van der Waals surface area contributed by atoms with Crippen LogP contribution in [0.15, 0.2) is 42.5 Å². The second-order valence-electron chi connectivity index (χ2n) is 10.3. The molecule has 0 saturated heterocycles. The standard InChI is InChI=1S/C26H33F3N2O/c1-24(2,3)18-31(20-11-14-23(30-7)22(17-20)26(27,28)29)15-8-16-32-21-12-9-19(10-13-21)25(4,5)6/h9-14,17H,8,15-16,18H2,1-6H3. The molecule has 0 amide bonds. The Hall–Kier alpha value is -2.68. The van der Waals surface area contributed by atoms with Gasteiger partial charge in [0.2, 0.25) is 0 Å². The van der Waals surface area contributed by atoms with Crippen LogP contribution in [-0.2, 0) is 11.6 Å². The Bertz CT molecular complexity index is 930. The molecule has 0 aliphatic carbocycles. The first-order chi connectivity index (χ1) is 14.7. The highest BCUT2D eigenvalue weighted by atomic mass is 19.4. The topological polar surface area (TPSA) is 16.8 Å². The molecule has 3 nitrogen and oxygen atoms in total. The summed E-state index contributed by atoms with van der Waals surface area (Å²) in [4.78, 5) is 4.97. The maximum atomic E-state index is 13.4. The Morgan fingerprint density at radius 3 is 2.06 bits per heavy atom. The first kappa shape index (κ1) is 25.6. The van der Waals surface area contributed by atoms with Gasteiger partial charge in [-0.25, -0.2) is 4.85 Å². The van der Waals surface area contributed by atoms with Gasteiger partial charge in [0.25, 0.3) is 0 Å². The number of alkyl halides is 3. The molecule has 32 heavy (non-hydrogen) atoms. The van der Waals surface area contributed by atoms with Gasteiger partial charge in [0.1, 0.15) is 5.75 Å². The summed E-state index contributed by atoms with van der Waals surface area (Å²) >= 11 is 0. The molecular weight excluding hydrogens is 413 g/mol. The average Bonchev–Trinajstić information content (AvgIpc) is 2.68. The van der Waals surface area contributed by atoms with Gasteiger partial charge in [-0.2, -0.15) is 13.2 Å². The van der Waals surface area contributed by atoms with Gasteiger partial charge in [-0.3, -0.25) is 0 Å². The van der Waals surface area contributed by atoms with Crippen LogP contribution in [0, 0.1) is 12.0 Å². The molecule has 0 atom stereocenters. The van der Waals surface area contributed by atoms with Crippen molar-refractivity contribution in [1.82, 2.24) is 0 Å². The fourth-order valence-electron chi connectivity index (χ4n) is 3.41. The maximum absolute atomic E-state index is 13.4. The van der Waals surface area contributed by atoms with Crippen molar-refractivity contribution >= 4 is 11.4 Å². The van der Waals surface area contributed by atoms with Crippen LogP contribution in [0.3, 0.4) is 0 Å². The van der Waals surface area contributed by atoms with E-state index in [0.29, 0.717) is 31.8 Å². The van der Waals surface area contributed by atoms with Gasteiger partial charge in [-0.05, 0) is 47.1 Å². The zero-order valence-electron chi connectivity index (χ0n) is 19.8. The van der Waals surface area contributed by atoms with Crippen molar-refractivity contribution in [2.45, 2.75) is 59.6 Å². The summed E-state index contributed by atoms with van der Waals surface area (Å²) in [6.45, 7) is 21.2. The summed E-state index contributed by atoms with van der Waals surface area (Å²) in [5.41, 5.74) is 0.390. The molecule has 2 rings (SSSR count). The highest BCUT2D eigenvalue weighted by Crippen LogP contribution is 2.39. The first-order valence-electron chi connectivity index (χ1n) is 10.8. The fraction of sp³-hybridized carbons (Fsp3) is 0.500. The molecule has 0 saturated carbocycles. The van der Waals surface area contributed by atoms with Crippen molar-refractivity contribution in [3.05, 3.63) is 65.0 Å². The lowest BCUT2D eigenvalue weighted by Gasteiger charge is -2.32.